The molecule has 0 radical (unpaired) electrons. The van der Waals surface area contributed by atoms with Crippen LogP contribution < -0.4 is 10.6 Å². The Labute approximate surface area is 119 Å². The molecular weight excluding hydrogens is 253 g/mol. The molecule has 2 aromatic rings. The predicted molar refractivity (Wildman–Crippen MR) is 80.2 cm³/mol. The first kappa shape index (κ1) is 14.5. The summed E-state index contributed by atoms with van der Waals surface area (Å²) in [5.41, 5.74) is 8.98. The zero-order valence-electron chi connectivity index (χ0n) is 11.9. The minimum Gasteiger partial charge on any atom is -0.374 e. The van der Waals surface area contributed by atoms with Crippen LogP contribution in [0.15, 0.2) is 42.7 Å². The van der Waals surface area contributed by atoms with Crippen LogP contribution in [0.3, 0.4) is 0 Å². The Morgan fingerprint density at radius 3 is 2.60 bits per heavy atom. The molecule has 2 rings (SSSR count). The van der Waals surface area contributed by atoms with Gasteiger partial charge >= 0.3 is 0 Å². The van der Waals surface area contributed by atoms with Crippen molar-refractivity contribution in [2.45, 2.75) is 19.4 Å². The Kier molecular flexibility index (Phi) is 4.69. The van der Waals surface area contributed by atoms with Crippen LogP contribution in [0.1, 0.15) is 24.1 Å². The Morgan fingerprint density at radius 2 is 1.95 bits per heavy atom. The topological polar surface area (TPSA) is 42.1 Å². The molecule has 1 heterocycles. The van der Waals surface area contributed by atoms with Gasteiger partial charge in [-0.05, 0) is 54.8 Å². The second-order valence-corrected chi connectivity index (χ2v) is 5.02. The summed E-state index contributed by atoms with van der Waals surface area (Å²) >= 11 is 0. The van der Waals surface area contributed by atoms with Crippen LogP contribution in [0.4, 0.5) is 10.1 Å². The number of likely N-dealkylation sites (N-methyl/N-ethyl adjacent to an activating group) is 1. The maximum atomic E-state index is 13.3. The van der Waals surface area contributed by atoms with E-state index >= 15 is 0 Å². The van der Waals surface area contributed by atoms with Crippen molar-refractivity contribution in [1.29, 1.82) is 0 Å². The van der Waals surface area contributed by atoms with E-state index in [1.54, 1.807) is 18.5 Å². The molecule has 0 aliphatic rings. The van der Waals surface area contributed by atoms with Gasteiger partial charge in [0.1, 0.15) is 5.82 Å². The Balaban J connectivity index is 2.11. The highest BCUT2D eigenvalue weighted by atomic mass is 19.1. The zero-order chi connectivity index (χ0) is 14.5. The molecule has 106 valence electrons. The number of hydrogen-bond acceptors (Lipinski definition) is 3. The van der Waals surface area contributed by atoms with Crippen molar-refractivity contribution in [3.05, 3.63) is 59.7 Å². The van der Waals surface area contributed by atoms with Gasteiger partial charge in [0.05, 0.1) is 0 Å². The molecule has 0 fully saturated rings. The summed E-state index contributed by atoms with van der Waals surface area (Å²) in [4.78, 5) is 6.12. The highest BCUT2D eigenvalue weighted by Gasteiger charge is 2.12. The van der Waals surface area contributed by atoms with Crippen LogP contribution in [0.5, 0.6) is 0 Å². The quantitative estimate of drug-likeness (QED) is 0.910. The highest BCUT2D eigenvalue weighted by molar-refractivity contribution is 5.54. The van der Waals surface area contributed by atoms with Crippen LogP contribution in [-0.4, -0.2) is 18.6 Å². The second kappa shape index (κ2) is 6.48. The zero-order valence-corrected chi connectivity index (χ0v) is 11.9. The van der Waals surface area contributed by atoms with E-state index in [0.717, 1.165) is 24.2 Å². The van der Waals surface area contributed by atoms with Gasteiger partial charge < -0.3 is 10.6 Å². The number of aromatic nitrogens is 1. The fourth-order valence-electron chi connectivity index (χ4n) is 2.20. The lowest BCUT2D eigenvalue weighted by Gasteiger charge is -2.24. The van der Waals surface area contributed by atoms with Crippen molar-refractivity contribution < 1.29 is 4.39 Å². The molecule has 1 aromatic carbocycles. The van der Waals surface area contributed by atoms with Crippen molar-refractivity contribution in [2.24, 2.45) is 5.73 Å². The van der Waals surface area contributed by atoms with E-state index in [1.807, 2.05) is 26.1 Å². The normalized spacial score (nSPS) is 12.2. The smallest absolute Gasteiger partial charge is 0.123 e. The standard InChI is InChI=1S/C16H20FN3/c1-12(18)15-11-14(17)3-4-16(15)20(2)10-7-13-5-8-19-9-6-13/h3-6,8-9,11-12H,7,10,18H2,1-2H3. The highest BCUT2D eigenvalue weighted by Crippen LogP contribution is 2.25. The number of nitrogens with two attached hydrogens (primary N) is 1. The first-order valence-corrected chi connectivity index (χ1v) is 6.73. The van der Waals surface area contributed by atoms with Gasteiger partial charge in [-0.15, -0.1) is 0 Å². The Morgan fingerprint density at radius 1 is 1.25 bits per heavy atom. The lowest BCUT2D eigenvalue weighted by atomic mass is 10.1. The molecule has 2 N–H and O–H groups in total. The minimum absolute atomic E-state index is 0.191. The van der Waals surface area contributed by atoms with Gasteiger partial charge in [0.25, 0.3) is 0 Å². The van der Waals surface area contributed by atoms with E-state index in [-0.39, 0.29) is 11.9 Å². The summed E-state index contributed by atoms with van der Waals surface area (Å²) in [7, 11) is 2.00. The molecule has 20 heavy (non-hydrogen) atoms. The van der Waals surface area contributed by atoms with Crippen LogP contribution in [0.2, 0.25) is 0 Å². The summed E-state index contributed by atoms with van der Waals surface area (Å²) in [6, 6.07) is 8.60. The number of anilines is 1. The van der Waals surface area contributed by atoms with E-state index in [4.69, 9.17) is 5.73 Å². The van der Waals surface area contributed by atoms with Crippen molar-refractivity contribution in [1.82, 2.24) is 4.98 Å². The molecular formula is C16H20FN3. The average molecular weight is 273 g/mol. The van der Waals surface area contributed by atoms with Gasteiger partial charge in [0.2, 0.25) is 0 Å². The molecule has 1 atom stereocenters. The van der Waals surface area contributed by atoms with E-state index in [2.05, 4.69) is 9.88 Å². The molecule has 4 heteroatoms. The summed E-state index contributed by atoms with van der Waals surface area (Å²) in [6.07, 6.45) is 4.50. The second-order valence-electron chi connectivity index (χ2n) is 5.02. The van der Waals surface area contributed by atoms with Crippen LogP contribution in [0, 0.1) is 5.82 Å². The first-order valence-electron chi connectivity index (χ1n) is 6.73. The van der Waals surface area contributed by atoms with Crippen molar-refractivity contribution >= 4 is 5.69 Å². The lowest BCUT2D eigenvalue weighted by Crippen LogP contribution is -2.23. The van der Waals surface area contributed by atoms with Gasteiger partial charge in [-0.25, -0.2) is 4.39 Å². The molecule has 0 bridgehead atoms. The largest absolute Gasteiger partial charge is 0.374 e. The fraction of sp³-hybridized carbons (Fsp3) is 0.312. The third kappa shape index (κ3) is 3.54. The molecule has 3 nitrogen and oxygen atoms in total. The number of hydrogen-bond donors (Lipinski definition) is 1. The lowest BCUT2D eigenvalue weighted by molar-refractivity contribution is 0.622. The summed E-state index contributed by atoms with van der Waals surface area (Å²) in [5.74, 6) is -0.247. The van der Waals surface area contributed by atoms with Crippen molar-refractivity contribution in [2.75, 3.05) is 18.5 Å². The maximum Gasteiger partial charge on any atom is 0.123 e. The summed E-state index contributed by atoms with van der Waals surface area (Å²) < 4.78 is 13.3. The van der Waals surface area contributed by atoms with Crippen LogP contribution in [0.25, 0.3) is 0 Å². The third-order valence-corrected chi connectivity index (χ3v) is 3.38. The summed E-state index contributed by atoms with van der Waals surface area (Å²) in [6.45, 7) is 2.71. The minimum atomic E-state index is -0.247. The number of rotatable bonds is 5. The Bertz CT molecular complexity index is 555. The van der Waals surface area contributed by atoms with Crippen LogP contribution in [-0.2, 0) is 6.42 Å². The molecule has 0 spiro atoms. The number of benzene rings is 1. The van der Waals surface area contributed by atoms with Crippen molar-refractivity contribution in [3.63, 3.8) is 0 Å². The molecule has 0 aliphatic carbocycles. The van der Waals surface area contributed by atoms with Gasteiger partial charge in [0, 0.05) is 37.7 Å². The van der Waals surface area contributed by atoms with Gasteiger partial charge in [-0.3, -0.25) is 4.98 Å². The summed E-state index contributed by atoms with van der Waals surface area (Å²) in [5, 5.41) is 0. The number of nitrogens with zero attached hydrogens (tertiary/aromatic N) is 2. The first-order chi connectivity index (χ1) is 9.58. The molecule has 0 amide bonds. The van der Waals surface area contributed by atoms with Gasteiger partial charge in [-0.1, -0.05) is 0 Å². The van der Waals surface area contributed by atoms with E-state index in [1.165, 1.54) is 17.7 Å². The van der Waals surface area contributed by atoms with Gasteiger partial charge in [0.15, 0.2) is 0 Å². The van der Waals surface area contributed by atoms with E-state index in [9.17, 15) is 4.39 Å². The Hall–Kier alpha value is -1.94. The average Bonchev–Trinajstić information content (AvgIpc) is 2.45. The van der Waals surface area contributed by atoms with Crippen molar-refractivity contribution in [3.8, 4) is 0 Å². The SMILES string of the molecule is CC(N)c1cc(F)ccc1N(C)CCc1ccncc1. The van der Waals surface area contributed by atoms with Crippen LogP contribution >= 0.6 is 0 Å². The number of halogens is 1. The molecule has 1 unspecified atom stereocenters. The molecule has 1 aromatic heterocycles. The van der Waals surface area contributed by atoms with E-state index in [0.29, 0.717) is 0 Å². The fourth-order valence-corrected chi connectivity index (χ4v) is 2.20. The molecule has 0 saturated carbocycles. The van der Waals surface area contributed by atoms with E-state index < -0.39 is 0 Å². The third-order valence-electron chi connectivity index (χ3n) is 3.38. The molecule has 0 saturated heterocycles. The predicted octanol–water partition coefficient (Wildman–Crippen LogP) is 2.92. The maximum absolute atomic E-state index is 13.3. The molecule has 0 aliphatic heterocycles. The monoisotopic (exact) mass is 273 g/mol. The number of pyridine rings is 1. The van der Waals surface area contributed by atoms with Gasteiger partial charge in [-0.2, -0.15) is 0 Å².